The molecule has 0 aliphatic carbocycles. The van der Waals surface area contributed by atoms with Gasteiger partial charge in [0, 0.05) is 16.1 Å². The van der Waals surface area contributed by atoms with Crippen molar-refractivity contribution in [2.75, 3.05) is 13.2 Å². The molecule has 2 heterocycles. The first kappa shape index (κ1) is 31.0. The van der Waals surface area contributed by atoms with E-state index in [1.807, 2.05) is 19.1 Å². The maximum Gasteiger partial charge on any atom is 0.338 e. The van der Waals surface area contributed by atoms with E-state index in [0.29, 0.717) is 58.4 Å². The summed E-state index contributed by atoms with van der Waals surface area (Å²) >= 11 is 9.70. The Morgan fingerprint density at radius 1 is 1.12 bits per heavy atom. The maximum absolute atomic E-state index is 14.3. The molecule has 0 saturated heterocycles. The summed E-state index contributed by atoms with van der Waals surface area (Å²) in [5.74, 6) is 0.231. The molecule has 1 aliphatic heterocycles. The van der Waals surface area contributed by atoms with Crippen LogP contribution >= 0.6 is 45.5 Å². The monoisotopic (exact) mass is 732 g/mol. The standard InChI is InChI=1S/C32H27ClFIN2O5S/c1-4-40-23-12-10-19(11-13-23)28-27(31(39)41-5-2)18(3)36-32-37(28)30(38)26(43-32)15-21-14-22(33)16-25(35)29(21)42-17-20-8-6-7-9-24(20)34/h6-16,28H,4-5,17H2,1-3H3/b26-15-/t28-/m0/s1. The second-order valence-electron chi connectivity index (χ2n) is 9.49. The number of thiazole rings is 1. The van der Waals surface area contributed by atoms with Crippen LogP contribution in [0.4, 0.5) is 4.39 Å². The second kappa shape index (κ2) is 13.4. The van der Waals surface area contributed by atoms with Crippen molar-refractivity contribution in [1.82, 2.24) is 4.57 Å². The number of halogens is 3. The molecule has 1 atom stereocenters. The fourth-order valence-electron chi connectivity index (χ4n) is 4.77. The highest BCUT2D eigenvalue weighted by molar-refractivity contribution is 14.1. The fraction of sp³-hybridized carbons (Fsp3) is 0.219. The summed E-state index contributed by atoms with van der Waals surface area (Å²) in [7, 11) is 0. The summed E-state index contributed by atoms with van der Waals surface area (Å²) in [6.45, 7) is 6.04. The molecular weight excluding hydrogens is 706 g/mol. The molecule has 11 heteroatoms. The molecule has 222 valence electrons. The summed E-state index contributed by atoms with van der Waals surface area (Å²) in [4.78, 5) is 32.3. The number of hydrogen-bond donors (Lipinski definition) is 0. The van der Waals surface area contributed by atoms with Crippen LogP contribution in [-0.2, 0) is 16.1 Å². The van der Waals surface area contributed by atoms with Crippen molar-refractivity contribution in [3.8, 4) is 11.5 Å². The number of fused-ring (bicyclic) bond motifs is 1. The van der Waals surface area contributed by atoms with Gasteiger partial charge >= 0.3 is 5.97 Å². The van der Waals surface area contributed by atoms with Crippen LogP contribution < -0.4 is 24.4 Å². The molecule has 7 nitrogen and oxygen atoms in total. The van der Waals surface area contributed by atoms with Gasteiger partial charge in [0.05, 0.1) is 38.6 Å². The molecule has 0 fully saturated rings. The van der Waals surface area contributed by atoms with Crippen LogP contribution in [0.2, 0.25) is 5.02 Å². The Labute approximate surface area is 270 Å². The summed E-state index contributed by atoms with van der Waals surface area (Å²) < 4.78 is 33.9. The van der Waals surface area contributed by atoms with E-state index in [9.17, 15) is 14.0 Å². The van der Waals surface area contributed by atoms with Crippen molar-refractivity contribution in [2.45, 2.75) is 33.4 Å². The van der Waals surface area contributed by atoms with E-state index >= 15 is 0 Å². The molecule has 0 saturated carbocycles. The van der Waals surface area contributed by atoms with Crippen LogP contribution in [0.5, 0.6) is 11.5 Å². The van der Waals surface area contributed by atoms with E-state index in [1.165, 1.54) is 22.0 Å². The van der Waals surface area contributed by atoms with Crippen LogP contribution in [0.15, 0.2) is 81.7 Å². The fourth-order valence-corrected chi connectivity index (χ4v) is 7.02. The molecule has 3 aromatic carbocycles. The number of aromatic nitrogens is 1. The predicted octanol–water partition coefficient (Wildman–Crippen LogP) is 6.17. The molecule has 1 aromatic heterocycles. The summed E-state index contributed by atoms with van der Waals surface area (Å²) in [5, 5.41) is 0.453. The van der Waals surface area contributed by atoms with E-state index in [-0.39, 0.29) is 30.2 Å². The molecule has 0 N–H and O–H groups in total. The Hall–Kier alpha value is -3.48. The molecular formula is C32H27ClFIN2O5S. The largest absolute Gasteiger partial charge is 0.494 e. The van der Waals surface area contributed by atoms with Crippen molar-refractivity contribution in [2.24, 2.45) is 4.99 Å². The number of esters is 1. The van der Waals surface area contributed by atoms with Gasteiger partial charge in [-0.1, -0.05) is 53.3 Å². The lowest BCUT2D eigenvalue weighted by molar-refractivity contribution is -0.139. The molecule has 43 heavy (non-hydrogen) atoms. The van der Waals surface area contributed by atoms with Gasteiger partial charge in [0.15, 0.2) is 4.80 Å². The quantitative estimate of drug-likeness (QED) is 0.152. The number of benzene rings is 3. The number of hydrogen-bond acceptors (Lipinski definition) is 7. The molecule has 0 spiro atoms. The normalized spacial score (nSPS) is 14.7. The van der Waals surface area contributed by atoms with Gasteiger partial charge in [-0.3, -0.25) is 9.36 Å². The van der Waals surface area contributed by atoms with E-state index in [2.05, 4.69) is 27.6 Å². The zero-order valence-corrected chi connectivity index (χ0v) is 27.3. The zero-order valence-electron chi connectivity index (χ0n) is 23.5. The second-order valence-corrected chi connectivity index (χ2v) is 12.1. The van der Waals surface area contributed by atoms with E-state index in [4.69, 9.17) is 25.8 Å². The molecule has 1 aliphatic rings. The Kier molecular flexibility index (Phi) is 9.68. The van der Waals surface area contributed by atoms with E-state index in [1.54, 1.807) is 62.4 Å². The minimum absolute atomic E-state index is 0.00771. The van der Waals surface area contributed by atoms with Gasteiger partial charge in [0.25, 0.3) is 5.56 Å². The number of nitrogens with zero attached hydrogens (tertiary/aromatic N) is 2. The summed E-state index contributed by atoms with van der Waals surface area (Å²) in [5.41, 5.74) is 2.08. The number of carbonyl (C=O) groups excluding carboxylic acids is 1. The van der Waals surface area contributed by atoms with E-state index < -0.39 is 12.0 Å². The lowest BCUT2D eigenvalue weighted by atomic mass is 9.96. The first-order valence-electron chi connectivity index (χ1n) is 13.5. The third kappa shape index (κ3) is 6.56. The highest BCUT2D eigenvalue weighted by Gasteiger charge is 2.33. The van der Waals surface area contributed by atoms with Gasteiger partial charge in [-0.25, -0.2) is 14.2 Å². The predicted molar refractivity (Wildman–Crippen MR) is 173 cm³/mol. The third-order valence-electron chi connectivity index (χ3n) is 6.68. The van der Waals surface area contributed by atoms with Gasteiger partial charge in [-0.05, 0) is 85.3 Å². The van der Waals surface area contributed by atoms with Gasteiger partial charge in [-0.2, -0.15) is 0 Å². The topological polar surface area (TPSA) is 79.1 Å². The van der Waals surface area contributed by atoms with Crippen LogP contribution in [0.25, 0.3) is 6.08 Å². The molecule has 0 bridgehead atoms. The SMILES string of the molecule is CCOC(=O)C1=C(C)N=c2s/c(=C\c3cc(Cl)cc(I)c3OCc3ccccc3F)c(=O)n2[C@H]1c1ccc(OCC)cc1. The summed E-state index contributed by atoms with van der Waals surface area (Å²) in [6.07, 6.45) is 1.69. The van der Waals surface area contributed by atoms with Crippen molar-refractivity contribution in [1.29, 1.82) is 0 Å². The Morgan fingerprint density at radius 2 is 1.86 bits per heavy atom. The van der Waals surface area contributed by atoms with Crippen molar-refractivity contribution in [3.63, 3.8) is 0 Å². The van der Waals surface area contributed by atoms with Gasteiger partial charge < -0.3 is 14.2 Å². The van der Waals surface area contributed by atoms with Gasteiger partial charge in [0.2, 0.25) is 0 Å². The minimum Gasteiger partial charge on any atom is -0.494 e. The van der Waals surface area contributed by atoms with Crippen molar-refractivity contribution < 1.29 is 23.4 Å². The first-order valence-corrected chi connectivity index (χ1v) is 15.8. The number of carbonyl (C=O) groups is 1. The number of rotatable bonds is 9. The van der Waals surface area contributed by atoms with Crippen LogP contribution in [-0.4, -0.2) is 23.8 Å². The maximum atomic E-state index is 14.3. The smallest absolute Gasteiger partial charge is 0.338 e. The highest BCUT2D eigenvalue weighted by Crippen LogP contribution is 2.33. The average Bonchev–Trinajstić information content (AvgIpc) is 3.27. The van der Waals surface area contributed by atoms with Crippen molar-refractivity contribution >= 4 is 57.6 Å². The Morgan fingerprint density at radius 3 is 2.56 bits per heavy atom. The molecule has 5 rings (SSSR count). The van der Waals surface area contributed by atoms with Crippen LogP contribution in [0.1, 0.15) is 43.5 Å². The molecule has 0 radical (unpaired) electrons. The lowest BCUT2D eigenvalue weighted by Gasteiger charge is -2.24. The van der Waals surface area contributed by atoms with Crippen molar-refractivity contribution in [3.05, 3.63) is 123 Å². The van der Waals surface area contributed by atoms with Gasteiger partial charge in [0.1, 0.15) is 23.9 Å². The van der Waals surface area contributed by atoms with Gasteiger partial charge in [-0.15, -0.1) is 0 Å². The summed E-state index contributed by atoms with van der Waals surface area (Å²) in [6, 6.07) is 16.3. The zero-order chi connectivity index (χ0) is 30.7. The lowest BCUT2D eigenvalue weighted by Crippen LogP contribution is -2.39. The minimum atomic E-state index is -0.760. The molecule has 4 aromatic rings. The number of ether oxygens (including phenoxy) is 3. The first-order chi connectivity index (χ1) is 20.7. The Bertz CT molecular complexity index is 1900. The van der Waals surface area contributed by atoms with Crippen LogP contribution in [0, 0.1) is 9.39 Å². The average molecular weight is 733 g/mol. The molecule has 0 unspecified atom stereocenters. The third-order valence-corrected chi connectivity index (χ3v) is 8.68. The highest BCUT2D eigenvalue weighted by atomic mass is 127. The number of allylic oxidation sites excluding steroid dienone is 1. The van der Waals surface area contributed by atoms with E-state index in [0.717, 1.165) is 0 Å². The Balaban J connectivity index is 1.64. The van der Waals surface area contributed by atoms with Crippen LogP contribution in [0.3, 0.4) is 0 Å². The molecule has 0 amide bonds.